The van der Waals surface area contributed by atoms with E-state index in [1.54, 1.807) is 6.20 Å². The molecule has 0 saturated carbocycles. The first kappa shape index (κ1) is 28.1. The lowest BCUT2D eigenvalue weighted by molar-refractivity contribution is 1.32. The minimum absolute atomic E-state index is 0.357. The summed E-state index contributed by atoms with van der Waals surface area (Å²) in [7, 11) is 0. The van der Waals surface area contributed by atoms with Crippen molar-refractivity contribution in [3.63, 3.8) is 0 Å². The Bertz CT molecular complexity index is 2310. The Morgan fingerprint density at radius 1 is 0.511 bits per heavy atom. The maximum Gasteiger partial charge on any atom is 0.108 e. The zero-order valence-electron chi connectivity index (χ0n) is 25.6. The molecule has 0 spiro atoms. The summed E-state index contributed by atoms with van der Waals surface area (Å²) in [4.78, 5) is 4.20. The first-order chi connectivity index (χ1) is 23.2. The van der Waals surface area contributed by atoms with Crippen molar-refractivity contribution in [1.29, 1.82) is 5.41 Å². The molecule has 0 amide bonds. The third-order valence-electron chi connectivity index (χ3n) is 8.66. The fraction of sp³-hybridized carbons (Fsp3) is 0. The predicted molar refractivity (Wildman–Crippen MR) is 198 cm³/mol. The minimum Gasteiger partial charge on any atom is -0.299 e. The Morgan fingerprint density at radius 3 is 1.74 bits per heavy atom. The van der Waals surface area contributed by atoms with Crippen LogP contribution in [0.3, 0.4) is 0 Å². The second-order valence-electron chi connectivity index (χ2n) is 11.6. The van der Waals surface area contributed by atoms with Crippen LogP contribution in [0.2, 0.25) is 0 Å². The van der Waals surface area contributed by atoms with Crippen molar-refractivity contribution >= 4 is 44.2 Å². The lowest BCUT2D eigenvalue weighted by atomic mass is 9.85. The highest BCUT2D eigenvalue weighted by Crippen LogP contribution is 2.43. The molecule has 4 nitrogen and oxygen atoms in total. The van der Waals surface area contributed by atoms with Crippen molar-refractivity contribution in [2.75, 3.05) is 5.43 Å². The summed E-state index contributed by atoms with van der Waals surface area (Å²) < 4.78 is 0. The van der Waals surface area contributed by atoms with Gasteiger partial charge in [-0.25, -0.2) is 0 Å². The normalized spacial score (nSPS) is 13.7. The largest absolute Gasteiger partial charge is 0.299 e. The van der Waals surface area contributed by atoms with E-state index in [4.69, 9.17) is 5.41 Å². The average Bonchev–Trinajstić information content (AvgIpc) is 3.14. The van der Waals surface area contributed by atoms with Crippen molar-refractivity contribution in [3.05, 3.63) is 176 Å². The van der Waals surface area contributed by atoms with Crippen molar-refractivity contribution in [2.45, 2.75) is 0 Å². The van der Waals surface area contributed by atoms with Gasteiger partial charge in [0.25, 0.3) is 0 Å². The molecule has 0 saturated heterocycles. The highest BCUT2D eigenvalue weighted by Gasteiger charge is 2.17. The molecular weight excluding hydrogens is 573 g/mol. The Balaban J connectivity index is 1.11. The molecular formula is C43H30N4. The fourth-order valence-corrected chi connectivity index (χ4v) is 6.42. The van der Waals surface area contributed by atoms with Gasteiger partial charge in [-0.15, -0.1) is 0 Å². The molecule has 1 aliphatic rings. The summed E-state index contributed by atoms with van der Waals surface area (Å²) in [5.74, 6) is 0. The summed E-state index contributed by atoms with van der Waals surface area (Å²) in [6.45, 7) is 0. The molecule has 8 rings (SSSR count). The lowest BCUT2D eigenvalue weighted by Gasteiger charge is -2.18. The van der Waals surface area contributed by atoms with E-state index >= 15 is 0 Å². The lowest BCUT2D eigenvalue weighted by Crippen LogP contribution is -2.13. The number of nitrogens with one attached hydrogen (secondary N) is 2. The van der Waals surface area contributed by atoms with Gasteiger partial charge in [-0.3, -0.25) is 15.8 Å². The van der Waals surface area contributed by atoms with Crippen LogP contribution in [0.15, 0.2) is 175 Å². The molecule has 7 aromatic rings. The van der Waals surface area contributed by atoms with Crippen LogP contribution in [-0.4, -0.2) is 16.4 Å². The highest BCUT2D eigenvalue weighted by molar-refractivity contribution is 6.51. The molecule has 0 aliphatic heterocycles. The quantitative estimate of drug-likeness (QED) is 0.113. The SMILES string of the molecule is N=C1C=C(c2cccc(-c3c4ccccc4c(-c4ccccc4)c4ccccc34)c2)C=C/C1=N/Nc1ccc(-c2cccnc2)cc1. The van der Waals surface area contributed by atoms with Gasteiger partial charge < -0.3 is 0 Å². The van der Waals surface area contributed by atoms with E-state index in [1.165, 1.54) is 38.2 Å². The van der Waals surface area contributed by atoms with Gasteiger partial charge in [0, 0.05) is 12.4 Å². The van der Waals surface area contributed by atoms with Gasteiger partial charge in [-0.05, 0) is 102 Å². The van der Waals surface area contributed by atoms with Gasteiger partial charge in [0.1, 0.15) is 5.71 Å². The van der Waals surface area contributed by atoms with Crippen molar-refractivity contribution in [1.82, 2.24) is 4.98 Å². The standard InChI is InChI=1S/C43H30N4/c44-40-27-32(21-24-41(40)47-46-35-22-19-29(20-23-35)34-14-9-25-45-28-34)31-12-8-13-33(26-31)43-38-17-6-4-15-36(38)42(30-10-2-1-3-11-30)37-16-5-7-18-39(37)43/h1-28,44,46H/b44-40?,47-41-. The Morgan fingerprint density at radius 2 is 1.11 bits per heavy atom. The second-order valence-corrected chi connectivity index (χ2v) is 11.6. The number of anilines is 1. The van der Waals surface area contributed by atoms with Crippen molar-refractivity contribution in [3.8, 4) is 33.4 Å². The van der Waals surface area contributed by atoms with E-state index in [0.717, 1.165) is 33.5 Å². The van der Waals surface area contributed by atoms with Crippen LogP contribution in [0.5, 0.6) is 0 Å². The van der Waals surface area contributed by atoms with Crippen LogP contribution in [0, 0.1) is 5.41 Å². The molecule has 1 aromatic heterocycles. The third kappa shape index (κ3) is 5.43. The molecule has 0 bridgehead atoms. The summed E-state index contributed by atoms with van der Waals surface area (Å²) in [6, 6.07) is 48.7. The number of hydrazone groups is 1. The predicted octanol–water partition coefficient (Wildman–Crippen LogP) is 10.8. The van der Waals surface area contributed by atoms with Gasteiger partial charge in [-0.2, -0.15) is 5.10 Å². The van der Waals surface area contributed by atoms with Crippen LogP contribution in [0.1, 0.15) is 5.56 Å². The van der Waals surface area contributed by atoms with Crippen LogP contribution < -0.4 is 5.43 Å². The van der Waals surface area contributed by atoms with Gasteiger partial charge in [0.15, 0.2) is 0 Å². The molecule has 6 aromatic carbocycles. The maximum atomic E-state index is 8.77. The van der Waals surface area contributed by atoms with E-state index in [2.05, 4.69) is 119 Å². The molecule has 47 heavy (non-hydrogen) atoms. The van der Waals surface area contributed by atoms with Gasteiger partial charge in [-0.1, -0.05) is 121 Å². The first-order valence-electron chi connectivity index (χ1n) is 15.7. The Hall–Kier alpha value is -6.39. The minimum atomic E-state index is 0.357. The smallest absolute Gasteiger partial charge is 0.108 e. The maximum absolute atomic E-state index is 8.77. The molecule has 1 heterocycles. The molecule has 0 fully saturated rings. The number of pyridine rings is 1. The third-order valence-corrected chi connectivity index (χ3v) is 8.66. The van der Waals surface area contributed by atoms with E-state index in [-0.39, 0.29) is 0 Å². The number of rotatable bonds is 6. The van der Waals surface area contributed by atoms with E-state index in [1.807, 2.05) is 60.8 Å². The van der Waals surface area contributed by atoms with E-state index < -0.39 is 0 Å². The van der Waals surface area contributed by atoms with Crippen molar-refractivity contribution < 1.29 is 0 Å². The molecule has 2 N–H and O–H groups in total. The first-order valence-corrected chi connectivity index (χ1v) is 15.7. The monoisotopic (exact) mass is 602 g/mol. The molecule has 0 unspecified atom stereocenters. The number of benzene rings is 6. The van der Waals surface area contributed by atoms with E-state index in [0.29, 0.717) is 11.4 Å². The number of hydrogen-bond acceptors (Lipinski definition) is 4. The topological polar surface area (TPSA) is 61.1 Å². The van der Waals surface area contributed by atoms with Crippen LogP contribution in [-0.2, 0) is 0 Å². The number of aromatic nitrogens is 1. The Labute approximate surface area is 273 Å². The van der Waals surface area contributed by atoms with Crippen molar-refractivity contribution in [2.24, 2.45) is 5.10 Å². The number of hydrogen-bond donors (Lipinski definition) is 2. The van der Waals surface area contributed by atoms with Crippen LogP contribution in [0.4, 0.5) is 5.69 Å². The van der Waals surface area contributed by atoms with Crippen LogP contribution in [0.25, 0.3) is 60.5 Å². The number of allylic oxidation sites excluding steroid dienone is 4. The molecule has 0 atom stereocenters. The molecule has 4 heteroatoms. The summed E-state index contributed by atoms with van der Waals surface area (Å²) in [6.07, 6.45) is 9.45. The average molecular weight is 603 g/mol. The zero-order chi connectivity index (χ0) is 31.6. The Kier molecular flexibility index (Phi) is 7.29. The molecule has 0 radical (unpaired) electrons. The van der Waals surface area contributed by atoms with Gasteiger partial charge in [0.05, 0.1) is 11.4 Å². The molecule has 222 valence electrons. The van der Waals surface area contributed by atoms with E-state index in [9.17, 15) is 0 Å². The van der Waals surface area contributed by atoms with Gasteiger partial charge >= 0.3 is 0 Å². The van der Waals surface area contributed by atoms with Gasteiger partial charge in [0.2, 0.25) is 0 Å². The highest BCUT2D eigenvalue weighted by atomic mass is 15.3. The van der Waals surface area contributed by atoms with Crippen LogP contribution >= 0.6 is 0 Å². The second kappa shape index (κ2) is 12.2. The molecule has 1 aliphatic carbocycles. The summed E-state index contributed by atoms with van der Waals surface area (Å²) in [5.41, 5.74) is 13.9. The summed E-state index contributed by atoms with van der Waals surface area (Å²) in [5, 5.41) is 18.2. The zero-order valence-corrected chi connectivity index (χ0v) is 25.6. The number of fused-ring (bicyclic) bond motifs is 2. The number of nitrogens with zero attached hydrogens (tertiary/aromatic N) is 2. The fourth-order valence-electron chi connectivity index (χ4n) is 6.42. The summed E-state index contributed by atoms with van der Waals surface area (Å²) >= 11 is 0.